The van der Waals surface area contributed by atoms with Crippen LogP contribution < -0.4 is 14.8 Å². The number of ether oxygens (including phenoxy) is 2. The Balaban J connectivity index is 1.45. The van der Waals surface area contributed by atoms with Gasteiger partial charge in [0.1, 0.15) is 17.7 Å². The second kappa shape index (κ2) is 10.1. The average molecular weight is 399 g/mol. The number of amides is 2. The quantitative estimate of drug-likeness (QED) is 0.702. The molecular formula is C22H30N4O3. The first kappa shape index (κ1) is 20.9. The second-order valence-corrected chi connectivity index (χ2v) is 7.36. The van der Waals surface area contributed by atoms with E-state index in [1.807, 2.05) is 49.1 Å². The number of rotatable bonds is 7. The third kappa shape index (κ3) is 6.34. The molecule has 1 aromatic carbocycles. The minimum absolute atomic E-state index is 0.0623. The SMILES string of the molecule is CCCCOc1ccc(NC(=O)N2CCC(Oc3cc(C)nc(C)n3)CC2)cc1. The van der Waals surface area contributed by atoms with Crippen LogP contribution in [0.2, 0.25) is 0 Å². The van der Waals surface area contributed by atoms with Crippen molar-refractivity contribution in [3.8, 4) is 11.6 Å². The molecule has 0 spiro atoms. The number of aryl methyl sites for hydroxylation is 2. The maximum Gasteiger partial charge on any atom is 0.321 e. The largest absolute Gasteiger partial charge is 0.494 e. The van der Waals surface area contributed by atoms with Gasteiger partial charge in [-0.15, -0.1) is 0 Å². The molecule has 1 aliphatic rings. The molecule has 2 amide bonds. The first-order chi connectivity index (χ1) is 14.0. The van der Waals surface area contributed by atoms with Crippen molar-refractivity contribution in [3.05, 3.63) is 41.9 Å². The maximum absolute atomic E-state index is 12.5. The maximum atomic E-state index is 12.5. The van der Waals surface area contributed by atoms with Crippen molar-refractivity contribution in [2.45, 2.75) is 52.6 Å². The number of carbonyl (C=O) groups is 1. The van der Waals surface area contributed by atoms with Crippen LogP contribution in [-0.2, 0) is 0 Å². The lowest BCUT2D eigenvalue weighted by atomic mass is 10.1. The summed E-state index contributed by atoms with van der Waals surface area (Å²) >= 11 is 0. The van der Waals surface area contributed by atoms with Gasteiger partial charge in [0, 0.05) is 43.4 Å². The van der Waals surface area contributed by atoms with Crippen LogP contribution >= 0.6 is 0 Å². The third-order valence-corrected chi connectivity index (χ3v) is 4.83. The Morgan fingerprint density at radius 1 is 1.17 bits per heavy atom. The van der Waals surface area contributed by atoms with Gasteiger partial charge in [0.15, 0.2) is 0 Å². The van der Waals surface area contributed by atoms with E-state index in [0.717, 1.165) is 42.8 Å². The van der Waals surface area contributed by atoms with Gasteiger partial charge in [-0.05, 0) is 44.5 Å². The lowest BCUT2D eigenvalue weighted by Crippen LogP contribution is -2.43. The number of carbonyl (C=O) groups excluding carboxylic acids is 1. The van der Waals surface area contributed by atoms with Gasteiger partial charge in [-0.25, -0.2) is 9.78 Å². The summed E-state index contributed by atoms with van der Waals surface area (Å²) in [5.74, 6) is 2.14. The summed E-state index contributed by atoms with van der Waals surface area (Å²) in [6.07, 6.45) is 3.76. The summed E-state index contributed by atoms with van der Waals surface area (Å²) in [4.78, 5) is 23.0. The van der Waals surface area contributed by atoms with E-state index in [1.165, 1.54) is 0 Å². The van der Waals surface area contributed by atoms with Crippen molar-refractivity contribution in [2.24, 2.45) is 0 Å². The summed E-state index contributed by atoms with van der Waals surface area (Å²) in [5.41, 5.74) is 1.66. The van der Waals surface area contributed by atoms with Gasteiger partial charge in [-0.2, -0.15) is 4.98 Å². The van der Waals surface area contributed by atoms with Crippen LogP contribution in [0.15, 0.2) is 30.3 Å². The van der Waals surface area contributed by atoms with Crippen molar-refractivity contribution < 1.29 is 14.3 Å². The second-order valence-electron chi connectivity index (χ2n) is 7.36. The standard InChI is InChI=1S/C22H30N4O3/c1-4-5-14-28-19-8-6-18(7-9-19)25-22(27)26-12-10-20(11-13-26)29-21-15-16(2)23-17(3)24-21/h6-9,15,20H,4-5,10-14H2,1-3H3,(H,25,27). The molecule has 156 valence electrons. The number of unbranched alkanes of at least 4 members (excludes halogenated alkanes) is 1. The highest BCUT2D eigenvalue weighted by Crippen LogP contribution is 2.20. The molecule has 1 N–H and O–H groups in total. The van der Waals surface area contributed by atoms with E-state index in [4.69, 9.17) is 9.47 Å². The molecule has 0 unspecified atom stereocenters. The Hall–Kier alpha value is -2.83. The number of nitrogens with zero attached hydrogens (tertiary/aromatic N) is 3. The Bertz CT molecular complexity index is 782. The summed E-state index contributed by atoms with van der Waals surface area (Å²) in [6, 6.07) is 9.27. The van der Waals surface area contributed by atoms with Gasteiger partial charge in [-0.1, -0.05) is 13.3 Å². The topological polar surface area (TPSA) is 76.6 Å². The zero-order chi connectivity index (χ0) is 20.6. The van der Waals surface area contributed by atoms with Crippen molar-refractivity contribution in [3.63, 3.8) is 0 Å². The monoisotopic (exact) mass is 398 g/mol. The number of likely N-dealkylation sites (tertiary alicyclic amines) is 1. The Morgan fingerprint density at radius 3 is 2.55 bits per heavy atom. The van der Waals surface area contributed by atoms with Gasteiger partial charge in [0.2, 0.25) is 5.88 Å². The molecule has 1 fully saturated rings. The summed E-state index contributed by atoms with van der Waals surface area (Å²) < 4.78 is 11.6. The van der Waals surface area contributed by atoms with Crippen molar-refractivity contribution in [1.29, 1.82) is 0 Å². The Kier molecular flexibility index (Phi) is 7.27. The normalized spacial score (nSPS) is 14.5. The average Bonchev–Trinajstić information content (AvgIpc) is 2.69. The lowest BCUT2D eigenvalue weighted by Gasteiger charge is -2.32. The van der Waals surface area contributed by atoms with Crippen molar-refractivity contribution in [2.75, 3.05) is 25.0 Å². The van der Waals surface area contributed by atoms with Crippen LogP contribution in [0.25, 0.3) is 0 Å². The van der Waals surface area contributed by atoms with Crippen LogP contribution in [0.5, 0.6) is 11.6 Å². The molecule has 0 radical (unpaired) electrons. The highest BCUT2D eigenvalue weighted by molar-refractivity contribution is 5.89. The van der Waals surface area contributed by atoms with Gasteiger partial charge in [-0.3, -0.25) is 0 Å². The zero-order valence-electron chi connectivity index (χ0n) is 17.5. The number of urea groups is 1. The molecule has 3 rings (SSSR count). The Labute approximate surface area is 172 Å². The first-order valence-corrected chi connectivity index (χ1v) is 10.3. The molecule has 1 aliphatic heterocycles. The lowest BCUT2D eigenvalue weighted by molar-refractivity contribution is 0.111. The Morgan fingerprint density at radius 2 is 1.90 bits per heavy atom. The van der Waals surface area contributed by atoms with E-state index in [0.29, 0.717) is 31.4 Å². The fourth-order valence-corrected chi connectivity index (χ4v) is 3.26. The molecular weight excluding hydrogens is 368 g/mol. The molecule has 7 heteroatoms. The van der Waals surface area contributed by atoms with E-state index in [2.05, 4.69) is 22.2 Å². The van der Waals surface area contributed by atoms with Gasteiger partial charge < -0.3 is 19.7 Å². The first-order valence-electron chi connectivity index (χ1n) is 10.3. The van der Waals surface area contributed by atoms with Crippen molar-refractivity contribution in [1.82, 2.24) is 14.9 Å². The molecule has 2 aromatic rings. The van der Waals surface area contributed by atoms with Crippen molar-refractivity contribution >= 4 is 11.7 Å². The molecule has 0 bridgehead atoms. The minimum atomic E-state index is -0.0863. The van der Waals surface area contributed by atoms with Crippen LogP contribution in [0.4, 0.5) is 10.5 Å². The number of piperidine rings is 1. The number of hydrogen-bond donors (Lipinski definition) is 1. The fourth-order valence-electron chi connectivity index (χ4n) is 3.26. The van der Waals surface area contributed by atoms with E-state index in [-0.39, 0.29) is 12.1 Å². The van der Waals surface area contributed by atoms with Gasteiger partial charge >= 0.3 is 6.03 Å². The number of benzene rings is 1. The van der Waals surface area contributed by atoms with Crippen LogP contribution in [-0.4, -0.2) is 46.7 Å². The smallest absolute Gasteiger partial charge is 0.321 e. The molecule has 1 aromatic heterocycles. The van der Waals surface area contributed by atoms with E-state index < -0.39 is 0 Å². The highest BCUT2D eigenvalue weighted by Gasteiger charge is 2.24. The fraction of sp³-hybridized carbons (Fsp3) is 0.500. The highest BCUT2D eigenvalue weighted by atomic mass is 16.5. The molecule has 1 saturated heterocycles. The van der Waals surface area contributed by atoms with E-state index in [9.17, 15) is 4.79 Å². The van der Waals surface area contributed by atoms with Crippen LogP contribution in [0.3, 0.4) is 0 Å². The molecule has 0 atom stereocenters. The number of hydrogen-bond acceptors (Lipinski definition) is 5. The summed E-state index contributed by atoms with van der Waals surface area (Å²) in [6.45, 7) is 7.94. The molecule has 29 heavy (non-hydrogen) atoms. The number of anilines is 1. The zero-order valence-corrected chi connectivity index (χ0v) is 17.5. The summed E-state index contributed by atoms with van der Waals surface area (Å²) in [5, 5.41) is 2.96. The van der Waals surface area contributed by atoms with Crippen LogP contribution in [0, 0.1) is 13.8 Å². The van der Waals surface area contributed by atoms with Gasteiger partial charge in [0.05, 0.1) is 6.61 Å². The molecule has 7 nitrogen and oxygen atoms in total. The molecule has 2 heterocycles. The van der Waals surface area contributed by atoms with Gasteiger partial charge in [0.25, 0.3) is 0 Å². The number of nitrogens with one attached hydrogen (secondary N) is 1. The van der Waals surface area contributed by atoms with E-state index >= 15 is 0 Å². The minimum Gasteiger partial charge on any atom is -0.494 e. The predicted molar refractivity (Wildman–Crippen MR) is 113 cm³/mol. The van der Waals surface area contributed by atoms with E-state index in [1.54, 1.807) is 0 Å². The third-order valence-electron chi connectivity index (χ3n) is 4.83. The predicted octanol–water partition coefficient (Wildman–Crippen LogP) is 4.35. The molecule has 0 saturated carbocycles. The van der Waals surface area contributed by atoms with Crippen LogP contribution in [0.1, 0.15) is 44.1 Å². The summed E-state index contributed by atoms with van der Waals surface area (Å²) in [7, 11) is 0. The molecule has 0 aliphatic carbocycles. The number of aromatic nitrogens is 2.